The van der Waals surface area contributed by atoms with Crippen molar-refractivity contribution < 1.29 is 14.4 Å². The van der Waals surface area contributed by atoms with Gasteiger partial charge in [-0.3, -0.25) is 14.4 Å². The van der Waals surface area contributed by atoms with Crippen LogP contribution in [0.15, 0.2) is 11.3 Å². The quantitative estimate of drug-likeness (QED) is 0.786. The zero-order valence-corrected chi connectivity index (χ0v) is 15.3. The summed E-state index contributed by atoms with van der Waals surface area (Å²) in [5.74, 6) is 0.756. The van der Waals surface area contributed by atoms with Gasteiger partial charge >= 0.3 is 0 Å². The maximum absolute atomic E-state index is 12.6. The van der Waals surface area contributed by atoms with E-state index >= 15 is 0 Å². The number of hydrogen-bond acceptors (Lipinski definition) is 6. The van der Waals surface area contributed by atoms with Gasteiger partial charge in [0.25, 0.3) is 5.91 Å². The second-order valence-electron chi connectivity index (χ2n) is 7.22. The number of nitrogens with zero attached hydrogens (tertiary/aromatic N) is 5. The first kappa shape index (κ1) is 17.6. The van der Waals surface area contributed by atoms with Crippen LogP contribution in [0.25, 0.3) is 0 Å². The minimum absolute atomic E-state index is 0.0893. The smallest absolute Gasteiger partial charge is 0.270 e. The minimum atomic E-state index is -0.160. The first-order valence-corrected chi connectivity index (χ1v) is 9.26. The molecule has 4 rings (SSSR count). The van der Waals surface area contributed by atoms with Crippen molar-refractivity contribution in [3.8, 4) is 0 Å². The molecular formula is C18H22N6O3. The third kappa shape index (κ3) is 3.54. The molecule has 4 heterocycles. The van der Waals surface area contributed by atoms with E-state index in [1.54, 1.807) is 18.0 Å². The van der Waals surface area contributed by atoms with Crippen LogP contribution in [0, 0.1) is 0 Å². The monoisotopic (exact) mass is 370 g/mol. The predicted molar refractivity (Wildman–Crippen MR) is 95.6 cm³/mol. The third-order valence-electron chi connectivity index (χ3n) is 5.39. The number of nitrogens with one attached hydrogen (secondary N) is 1. The number of carbonyl (C=O) groups excluding carboxylic acids is 3. The summed E-state index contributed by atoms with van der Waals surface area (Å²) in [5.41, 5.74) is 4.69. The van der Waals surface area contributed by atoms with E-state index in [1.165, 1.54) is 0 Å². The van der Waals surface area contributed by atoms with Crippen LogP contribution in [-0.4, -0.2) is 62.8 Å². The van der Waals surface area contributed by atoms with E-state index in [2.05, 4.69) is 15.5 Å². The van der Waals surface area contributed by atoms with Crippen molar-refractivity contribution in [1.29, 1.82) is 0 Å². The molecular weight excluding hydrogens is 348 g/mol. The van der Waals surface area contributed by atoms with E-state index in [4.69, 9.17) is 4.98 Å². The number of fused-ring (bicyclic) bond motifs is 1. The van der Waals surface area contributed by atoms with Gasteiger partial charge in [0.2, 0.25) is 11.8 Å². The SMILES string of the molecule is CC(=O)N1CC[C@@H](c2ncc3c(n2)CCN(C(=O)C2=NNC(=O)CC2)C3)C1. The van der Waals surface area contributed by atoms with Crippen molar-refractivity contribution in [2.24, 2.45) is 5.10 Å². The average Bonchev–Trinajstić information content (AvgIpc) is 3.18. The summed E-state index contributed by atoms with van der Waals surface area (Å²) in [6, 6.07) is 0. The number of hydrogen-bond donors (Lipinski definition) is 1. The molecule has 3 aliphatic rings. The second-order valence-corrected chi connectivity index (χ2v) is 7.22. The summed E-state index contributed by atoms with van der Waals surface area (Å²) in [6.45, 7) is 4.03. The van der Waals surface area contributed by atoms with Crippen molar-refractivity contribution >= 4 is 23.4 Å². The largest absolute Gasteiger partial charge is 0.342 e. The van der Waals surface area contributed by atoms with Crippen LogP contribution >= 0.6 is 0 Å². The summed E-state index contributed by atoms with van der Waals surface area (Å²) >= 11 is 0. The fourth-order valence-corrected chi connectivity index (χ4v) is 3.77. The van der Waals surface area contributed by atoms with Gasteiger partial charge in [-0.1, -0.05) is 0 Å². The highest BCUT2D eigenvalue weighted by Crippen LogP contribution is 2.26. The number of rotatable bonds is 2. The molecule has 1 aromatic heterocycles. The molecule has 1 saturated heterocycles. The first-order chi connectivity index (χ1) is 13.0. The maximum atomic E-state index is 12.6. The van der Waals surface area contributed by atoms with Gasteiger partial charge in [0, 0.05) is 70.0 Å². The van der Waals surface area contributed by atoms with Crippen molar-refractivity contribution in [3.05, 3.63) is 23.3 Å². The number of carbonyl (C=O) groups is 3. The standard InChI is InChI=1S/C18H22N6O3/c1-11(25)23-6-4-12(9-23)17-19-8-13-10-24(7-5-14(13)20-17)18(27)15-2-3-16(26)22-21-15/h8,12H,2-7,9-10H2,1H3,(H,22,26)/t12-/m1/s1. The Kier molecular flexibility index (Phi) is 4.59. The van der Waals surface area contributed by atoms with Gasteiger partial charge in [-0.2, -0.15) is 5.10 Å². The van der Waals surface area contributed by atoms with Gasteiger partial charge in [-0.25, -0.2) is 15.4 Å². The molecule has 0 saturated carbocycles. The third-order valence-corrected chi connectivity index (χ3v) is 5.39. The first-order valence-electron chi connectivity index (χ1n) is 9.26. The summed E-state index contributed by atoms with van der Waals surface area (Å²) in [5, 5.41) is 3.89. The second kappa shape index (κ2) is 7.05. The van der Waals surface area contributed by atoms with E-state index in [1.807, 2.05) is 4.90 Å². The van der Waals surface area contributed by atoms with Crippen LogP contribution in [0.5, 0.6) is 0 Å². The summed E-state index contributed by atoms with van der Waals surface area (Å²) in [7, 11) is 0. The molecule has 0 bridgehead atoms. The lowest BCUT2D eigenvalue weighted by atomic mass is 10.0. The number of hydrazone groups is 1. The zero-order chi connectivity index (χ0) is 19.0. The molecule has 0 radical (unpaired) electrons. The van der Waals surface area contributed by atoms with Crippen molar-refractivity contribution in [3.63, 3.8) is 0 Å². The Morgan fingerprint density at radius 3 is 2.74 bits per heavy atom. The van der Waals surface area contributed by atoms with Gasteiger partial charge in [0.15, 0.2) is 0 Å². The lowest BCUT2D eigenvalue weighted by Gasteiger charge is -2.29. The fourth-order valence-electron chi connectivity index (χ4n) is 3.77. The molecule has 27 heavy (non-hydrogen) atoms. The molecule has 0 aliphatic carbocycles. The zero-order valence-electron chi connectivity index (χ0n) is 15.3. The molecule has 1 fully saturated rings. The molecule has 1 aromatic rings. The average molecular weight is 370 g/mol. The number of amides is 3. The van der Waals surface area contributed by atoms with Gasteiger partial charge in [0.05, 0.1) is 5.69 Å². The molecule has 9 nitrogen and oxygen atoms in total. The van der Waals surface area contributed by atoms with E-state index in [-0.39, 0.29) is 23.6 Å². The molecule has 3 aliphatic heterocycles. The van der Waals surface area contributed by atoms with E-state index in [9.17, 15) is 14.4 Å². The summed E-state index contributed by atoms with van der Waals surface area (Å²) < 4.78 is 0. The van der Waals surface area contributed by atoms with Gasteiger partial charge in [-0.15, -0.1) is 0 Å². The number of likely N-dealkylation sites (tertiary alicyclic amines) is 1. The molecule has 9 heteroatoms. The number of aromatic nitrogens is 2. The van der Waals surface area contributed by atoms with Gasteiger partial charge < -0.3 is 9.80 Å². The van der Waals surface area contributed by atoms with E-state index in [0.29, 0.717) is 44.6 Å². The Hall–Kier alpha value is -2.84. The van der Waals surface area contributed by atoms with E-state index in [0.717, 1.165) is 30.0 Å². The lowest BCUT2D eigenvalue weighted by Crippen LogP contribution is -2.43. The Morgan fingerprint density at radius 2 is 2.04 bits per heavy atom. The lowest BCUT2D eigenvalue weighted by molar-refractivity contribution is -0.128. The molecule has 3 amide bonds. The van der Waals surface area contributed by atoms with Crippen LogP contribution in [0.1, 0.15) is 49.2 Å². The Balaban J connectivity index is 1.44. The molecule has 1 atom stereocenters. The summed E-state index contributed by atoms with van der Waals surface area (Å²) in [4.78, 5) is 48.1. The summed E-state index contributed by atoms with van der Waals surface area (Å²) in [6.07, 6.45) is 4.02. The Labute approximate surface area is 156 Å². The van der Waals surface area contributed by atoms with Crippen LogP contribution in [0.2, 0.25) is 0 Å². The van der Waals surface area contributed by atoms with Crippen LogP contribution < -0.4 is 5.43 Å². The maximum Gasteiger partial charge on any atom is 0.270 e. The van der Waals surface area contributed by atoms with E-state index < -0.39 is 0 Å². The van der Waals surface area contributed by atoms with Gasteiger partial charge in [-0.05, 0) is 6.42 Å². The van der Waals surface area contributed by atoms with Crippen molar-refractivity contribution in [1.82, 2.24) is 25.2 Å². The highest BCUT2D eigenvalue weighted by atomic mass is 16.2. The van der Waals surface area contributed by atoms with Crippen molar-refractivity contribution in [2.45, 2.75) is 45.1 Å². The molecule has 142 valence electrons. The minimum Gasteiger partial charge on any atom is -0.342 e. The van der Waals surface area contributed by atoms with Gasteiger partial charge in [0.1, 0.15) is 11.5 Å². The molecule has 0 aromatic carbocycles. The Bertz CT molecular complexity index is 836. The van der Waals surface area contributed by atoms with Crippen LogP contribution in [0.4, 0.5) is 0 Å². The molecule has 0 spiro atoms. The molecule has 0 unspecified atom stereocenters. The normalized spacial score (nSPS) is 22.2. The van der Waals surface area contributed by atoms with Crippen molar-refractivity contribution in [2.75, 3.05) is 19.6 Å². The highest BCUT2D eigenvalue weighted by Gasteiger charge is 2.30. The Morgan fingerprint density at radius 1 is 1.19 bits per heavy atom. The fraction of sp³-hybridized carbons (Fsp3) is 0.556. The highest BCUT2D eigenvalue weighted by molar-refractivity contribution is 6.39. The topological polar surface area (TPSA) is 108 Å². The van der Waals surface area contributed by atoms with Crippen LogP contribution in [0.3, 0.4) is 0 Å². The molecule has 1 N–H and O–H groups in total. The predicted octanol–water partition coefficient (Wildman–Crippen LogP) is -0.0369. The van der Waals surface area contributed by atoms with Crippen LogP contribution in [-0.2, 0) is 27.3 Å².